The van der Waals surface area contributed by atoms with Crippen molar-refractivity contribution in [2.75, 3.05) is 23.3 Å². The third kappa shape index (κ3) is 5.42. The molecule has 0 unspecified atom stereocenters. The zero-order valence-electron chi connectivity index (χ0n) is 16.4. The number of hydrogen-bond acceptors (Lipinski definition) is 8. The van der Waals surface area contributed by atoms with Gasteiger partial charge in [-0.3, -0.25) is 4.79 Å². The number of carbonyl (C=O) groups is 1. The van der Waals surface area contributed by atoms with Crippen LogP contribution >= 0.6 is 11.3 Å². The Hall–Kier alpha value is -2.66. The maximum absolute atomic E-state index is 12.2. The maximum Gasteiger partial charge on any atom is 0.306 e. The lowest BCUT2D eigenvalue weighted by Crippen LogP contribution is -2.37. The molecule has 1 aliphatic rings. The van der Waals surface area contributed by atoms with Gasteiger partial charge in [0.05, 0.1) is 6.42 Å². The summed E-state index contributed by atoms with van der Waals surface area (Å²) >= 11 is 1.44. The van der Waals surface area contributed by atoms with Crippen molar-refractivity contribution in [3.05, 3.63) is 30.1 Å². The highest BCUT2D eigenvalue weighted by Gasteiger charge is 2.27. The van der Waals surface area contributed by atoms with Gasteiger partial charge in [0.25, 0.3) is 0 Å². The minimum atomic E-state index is -0.464. The number of thiazole rings is 1. The second-order valence-corrected chi connectivity index (χ2v) is 8.85. The lowest BCUT2D eigenvalue weighted by Gasteiger charge is -2.32. The highest BCUT2D eigenvalue weighted by molar-refractivity contribution is 7.19. The molecule has 0 bridgehead atoms. The van der Waals surface area contributed by atoms with Gasteiger partial charge in [-0.05, 0) is 51.7 Å². The molecular formula is C20H25N5O2S. The van der Waals surface area contributed by atoms with Gasteiger partial charge in [-0.15, -0.1) is 0 Å². The molecule has 0 saturated carbocycles. The molecule has 3 rings (SSSR count). The van der Waals surface area contributed by atoms with Crippen LogP contribution in [-0.2, 0) is 9.53 Å². The number of carbonyl (C=O) groups excluding carboxylic acids is 1. The van der Waals surface area contributed by atoms with Crippen LogP contribution in [0.25, 0.3) is 0 Å². The zero-order valence-corrected chi connectivity index (χ0v) is 17.3. The molecule has 1 saturated heterocycles. The Bertz CT molecular complexity index is 854. The van der Waals surface area contributed by atoms with E-state index in [0.717, 1.165) is 31.1 Å². The second kappa shape index (κ2) is 8.57. The van der Waals surface area contributed by atoms with Gasteiger partial charge in [0.1, 0.15) is 22.5 Å². The molecule has 3 heterocycles. The average Bonchev–Trinajstić information content (AvgIpc) is 3.04. The number of hydrogen-bond donors (Lipinski definition) is 1. The molecule has 2 aromatic rings. The predicted octanol–water partition coefficient (Wildman–Crippen LogP) is 4.10. The molecule has 0 aromatic carbocycles. The fraction of sp³-hybridized carbons (Fsp3) is 0.500. The minimum absolute atomic E-state index is 0.159. The van der Waals surface area contributed by atoms with Crippen molar-refractivity contribution in [2.45, 2.75) is 45.6 Å². The van der Waals surface area contributed by atoms with Gasteiger partial charge in [-0.2, -0.15) is 5.26 Å². The van der Waals surface area contributed by atoms with Gasteiger partial charge in [-0.1, -0.05) is 17.4 Å². The van der Waals surface area contributed by atoms with Gasteiger partial charge in [0, 0.05) is 19.3 Å². The van der Waals surface area contributed by atoms with Crippen LogP contribution in [0.1, 0.15) is 45.7 Å². The molecular weight excluding hydrogens is 374 g/mol. The molecule has 0 radical (unpaired) electrons. The molecule has 8 heteroatoms. The van der Waals surface area contributed by atoms with Crippen LogP contribution in [0.4, 0.5) is 16.0 Å². The fourth-order valence-corrected chi connectivity index (χ4v) is 4.14. The van der Waals surface area contributed by atoms with Crippen molar-refractivity contribution >= 4 is 33.3 Å². The third-order valence-electron chi connectivity index (χ3n) is 4.29. The molecule has 0 spiro atoms. The number of nitrogens with zero attached hydrogens (tertiary/aromatic N) is 4. The lowest BCUT2D eigenvalue weighted by atomic mass is 9.95. The van der Waals surface area contributed by atoms with Gasteiger partial charge < -0.3 is 15.0 Å². The van der Waals surface area contributed by atoms with Crippen LogP contribution in [0.2, 0.25) is 0 Å². The number of esters is 1. The SMILES string of the molecule is CC(C)(C)OC(=O)C[C@@H]1CCCN(c2nc(C#N)c(Nc3ccccn3)s2)C1. The smallest absolute Gasteiger partial charge is 0.306 e. The summed E-state index contributed by atoms with van der Waals surface area (Å²) in [4.78, 5) is 23.1. The van der Waals surface area contributed by atoms with E-state index in [-0.39, 0.29) is 11.9 Å². The van der Waals surface area contributed by atoms with E-state index in [2.05, 4.69) is 26.3 Å². The van der Waals surface area contributed by atoms with E-state index >= 15 is 0 Å². The normalized spacial score (nSPS) is 17.1. The van der Waals surface area contributed by atoms with E-state index in [1.807, 2.05) is 39.0 Å². The van der Waals surface area contributed by atoms with Crippen LogP contribution < -0.4 is 10.2 Å². The van der Waals surface area contributed by atoms with Gasteiger partial charge in [-0.25, -0.2) is 9.97 Å². The Kier molecular flexibility index (Phi) is 6.15. The van der Waals surface area contributed by atoms with E-state index in [1.165, 1.54) is 11.3 Å². The van der Waals surface area contributed by atoms with Gasteiger partial charge in [0.15, 0.2) is 10.8 Å². The van der Waals surface area contributed by atoms with Crippen LogP contribution in [0.15, 0.2) is 24.4 Å². The molecule has 7 nitrogen and oxygen atoms in total. The topological polar surface area (TPSA) is 91.1 Å². The first-order valence-electron chi connectivity index (χ1n) is 9.40. The predicted molar refractivity (Wildman–Crippen MR) is 110 cm³/mol. The van der Waals surface area contributed by atoms with Crippen LogP contribution in [0, 0.1) is 17.2 Å². The van der Waals surface area contributed by atoms with E-state index < -0.39 is 5.60 Å². The number of ether oxygens (including phenoxy) is 1. The highest BCUT2D eigenvalue weighted by Crippen LogP contribution is 2.35. The summed E-state index contributed by atoms with van der Waals surface area (Å²) in [5, 5.41) is 14.1. The van der Waals surface area contributed by atoms with Crippen molar-refractivity contribution in [1.82, 2.24) is 9.97 Å². The van der Waals surface area contributed by atoms with Crippen LogP contribution in [0.5, 0.6) is 0 Å². The number of nitriles is 1. The Morgan fingerprint density at radius 1 is 1.46 bits per heavy atom. The molecule has 1 aliphatic heterocycles. The number of anilines is 3. The van der Waals surface area contributed by atoms with Crippen molar-refractivity contribution < 1.29 is 9.53 Å². The first kappa shape index (κ1) is 20.1. The molecule has 28 heavy (non-hydrogen) atoms. The van der Waals surface area contributed by atoms with Gasteiger partial charge in [0.2, 0.25) is 0 Å². The number of rotatable bonds is 5. The molecule has 2 aromatic heterocycles. The fourth-order valence-electron chi connectivity index (χ4n) is 3.18. The summed E-state index contributed by atoms with van der Waals surface area (Å²) in [6.07, 6.45) is 4.08. The Morgan fingerprint density at radius 3 is 2.96 bits per heavy atom. The summed E-state index contributed by atoms with van der Waals surface area (Å²) in [5.74, 6) is 0.745. The minimum Gasteiger partial charge on any atom is -0.460 e. The average molecular weight is 400 g/mol. The van der Waals surface area contributed by atoms with Crippen molar-refractivity contribution in [3.63, 3.8) is 0 Å². The Balaban J connectivity index is 1.67. The van der Waals surface area contributed by atoms with Crippen molar-refractivity contribution in [3.8, 4) is 6.07 Å². The molecule has 1 atom stereocenters. The number of nitrogens with one attached hydrogen (secondary N) is 1. The third-order valence-corrected chi connectivity index (χ3v) is 5.32. The summed E-state index contributed by atoms with van der Waals surface area (Å²) in [7, 11) is 0. The summed E-state index contributed by atoms with van der Waals surface area (Å²) in [5.41, 5.74) is -0.103. The van der Waals surface area contributed by atoms with E-state index in [1.54, 1.807) is 6.20 Å². The van der Waals surface area contributed by atoms with E-state index in [9.17, 15) is 10.1 Å². The van der Waals surface area contributed by atoms with Crippen LogP contribution in [-0.4, -0.2) is 34.6 Å². The first-order valence-corrected chi connectivity index (χ1v) is 10.2. The number of aromatic nitrogens is 2. The molecule has 1 N–H and O–H groups in total. The molecule has 148 valence electrons. The first-order chi connectivity index (χ1) is 13.3. The summed E-state index contributed by atoms with van der Waals surface area (Å²) in [6.45, 7) is 7.25. The lowest BCUT2D eigenvalue weighted by molar-refractivity contribution is -0.156. The molecule has 1 fully saturated rings. The quantitative estimate of drug-likeness (QED) is 0.757. The number of piperidine rings is 1. The molecule has 0 aliphatic carbocycles. The maximum atomic E-state index is 12.2. The Morgan fingerprint density at radius 2 is 2.29 bits per heavy atom. The second-order valence-electron chi connectivity index (χ2n) is 7.87. The highest BCUT2D eigenvalue weighted by atomic mass is 32.1. The van der Waals surface area contributed by atoms with E-state index in [4.69, 9.17) is 4.74 Å². The monoisotopic (exact) mass is 399 g/mol. The standard InChI is InChI=1S/C20H25N5O2S/c1-20(2,3)27-17(26)11-14-7-6-10-25(13-14)19-23-15(12-21)18(28-19)24-16-8-4-5-9-22-16/h4-5,8-9,14H,6-7,10-11,13H2,1-3H3,(H,22,24)/t14-/m0/s1. The number of pyridine rings is 1. The van der Waals surface area contributed by atoms with Crippen LogP contribution in [0.3, 0.4) is 0 Å². The van der Waals surface area contributed by atoms with E-state index in [0.29, 0.717) is 22.9 Å². The summed E-state index contributed by atoms with van der Waals surface area (Å²) < 4.78 is 5.46. The van der Waals surface area contributed by atoms with Crippen molar-refractivity contribution in [2.24, 2.45) is 5.92 Å². The zero-order chi connectivity index (χ0) is 20.1. The largest absolute Gasteiger partial charge is 0.460 e. The van der Waals surface area contributed by atoms with Gasteiger partial charge >= 0.3 is 5.97 Å². The molecule has 0 amide bonds. The summed E-state index contributed by atoms with van der Waals surface area (Å²) in [6, 6.07) is 7.72. The Labute approximate surface area is 169 Å². The van der Waals surface area contributed by atoms with Crippen molar-refractivity contribution in [1.29, 1.82) is 5.26 Å².